The van der Waals surface area contributed by atoms with E-state index in [-0.39, 0.29) is 0 Å². The lowest BCUT2D eigenvalue weighted by Crippen LogP contribution is -2.43. The average molecular weight is 342 g/mol. The monoisotopic (exact) mass is 341 g/mol. The van der Waals surface area contributed by atoms with Crippen LogP contribution in [-0.4, -0.2) is 33.8 Å². The molecule has 24 heavy (non-hydrogen) atoms. The maximum atomic E-state index is 5.73. The molecule has 0 spiro atoms. The highest BCUT2D eigenvalue weighted by atomic mass is 32.1. The van der Waals surface area contributed by atoms with Gasteiger partial charge >= 0.3 is 0 Å². The molecule has 3 nitrogen and oxygen atoms in total. The minimum absolute atomic E-state index is 0.794. The number of allylic oxidation sites excluding steroid dienone is 2. The van der Waals surface area contributed by atoms with Crippen LogP contribution in [0.5, 0.6) is 0 Å². The Hall–Kier alpha value is -2.07. The molecule has 0 N–H and O–H groups in total. The van der Waals surface area contributed by atoms with Crippen molar-refractivity contribution in [2.75, 3.05) is 14.1 Å². The van der Waals surface area contributed by atoms with Gasteiger partial charge in [-0.1, -0.05) is 68.5 Å². The van der Waals surface area contributed by atoms with Crippen LogP contribution in [0.1, 0.15) is 32.3 Å². The fourth-order valence-electron chi connectivity index (χ4n) is 2.69. The Kier molecular flexibility index (Phi) is 6.21. The van der Waals surface area contributed by atoms with E-state index in [1.54, 1.807) is 0 Å². The standard InChI is InChI=1S/C20H27N3S/c1-6-7-11-14-23(15-18-12-9-8-10-13-18)19-16(2)21(4)17(3)22(5)20(19)24/h8-14H,3,6-7,15H2,1-2,4-5H3/b14-11+. The van der Waals surface area contributed by atoms with Crippen LogP contribution in [0.3, 0.4) is 0 Å². The molecule has 0 amide bonds. The van der Waals surface area contributed by atoms with Gasteiger partial charge in [-0.25, -0.2) is 0 Å². The van der Waals surface area contributed by atoms with E-state index in [4.69, 9.17) is 12.2 Å². The van der Waals surface area contributed by atoms with Crippen molar-refractivity contribution in [3.8, 4) is 0 Å². The van der Waals surface area contributed by atoms with Gasteiger partial charge in [-0.05, 0) is 18.9 Å². The molecule has 1 aromatic carbocycles. The smallest absolute Gasteiger partial charge is 0.132 e. The molecule has 0 aliphatic carbocycles. The number of unbranched alkanes of at least 4 members (excludes halogenated alkanes) is 1. The van der Waals surface area contributed by atoms with Crippen LogP contribution >= 0.6 is 12.2 Å². The predicted molar refractivity (Wildman–Crippen MR) is 106 cm³/mol. The summed E-state index contributed by atoms with van der Waals surface area (Å²) in [7, 11) is 4.01. The van der Waals surface area contributed by atoms with Gasteiger partial charge in [0.05, 0.1) is 5.70 Å². The third kappa shape index (κ3) is 3.88. The van der Waals surface area contributed by atoms with Crippen LogP contribution in [0.15, 0.2) is 66.4 Å². The zero-order valence-corrected chi connectivity index (χ0v) is 15.9. The first-order chi connectivity index (χ1) is 11.5. The Morgan fingerprint density at radius 3 is 2.46 bits per heavy atom. The van der Waals surface area contributed by atoms with Gasteiger partial charge < -0.3 is 14.7 Å². The predicted octanol–water partition coefficient (Wildman–Crippen LogP) is 4.71. The van der Waals surface area contributed by atoms with Gasteiger partial charge in [-0.3, -0.25) is 0 Å². The zero-order chi connectivity index (χ0) is 17.7. The largest absolute Gasteiger partial charge is 0.340 e. The molecule has 0 radical (unpaired) electrons. The molecule has 0 unspecified atom stereocenters. The number of nitrogens with zero attached hydrogens (tertiary/aromatic N) is 3. The van der Waals surface area contributed by atoms with Crippen LogP contribution < -0.4 is 0 Å². The second-order valence-corrected chi connectivity index (χ2v) is 6.45. The fourth-order valence-corrected chi connectivity index (χ4v) is 3.06. The molecular weight excluding hydrogens is 314 g/mol. The summed E-state index contributed by atoms with van der Waals surface area (Å²) < 4.78 is 0. The van der Waals surface area contributed by atoms with Gasteiger partial charge in [-0.15, -0.1) is 0 Å². The second kappa shape index (κ2) is 8.15. The maximum absolute atomic E-state index is 5.73. The van der Waals surface area contributed by atoms with E-state index in [1.807, 2.05) is 25.1 Å². The summed E-state index contributed by atoms with van der Waals surface area (Å²) >= 11 is 5.73. The molecule has 1 heterocycles. The normalized spacial score (nSPS) is 15.7. The lowest BCUT2D eigenvalue weighted by atomic mass is 10.1. The molecule has 1 aromatic rings. The third-order valence-corrected chi connectivity index (χ3v) is 4.82. The SMILES string of the molecule is C=C1N(C)C(=S)C(N(/C=C/CCC)Cc2ccccc2)=C(C)N1C. The summed E-state index contributed by atoms with van der Waals surface area (Å²) in [6, 6.07) is 10.5. The lowest BCUT2D eigenvalue weighted by Gasteiger charge is -2.41. The van der Waals surface area contributed by atoms with Gasteiger partial charge in [0.1, 0.15) is 10.8 Å². The minimum atomic E-state index is 0.794. The first-order valence-electron chi connectivity index (χ1n) is 8.36. The van der Waals surface area contributed by atoms with Crippen molar-refractivity contribution in [3.05, 3.63) is 72.0 Å². The summed E-state index contributed by atoms with van der Waals surface area (Å²) in [4.78, 5) is 7.13. The van der Waals surface area contributed by atoms with Gasteiger partial charge in [0, 0.05) is 32.5 Å². The summed E-state index contributed by atoms with van der Waals surface area (Å²) in [5, 5.41) is 0. The average Bonchev–Trinajstić information content (AvgIpc) is 2.59. The van der Waals surface area contributed by atoms with E-state index in [9.17, 15) is 0 Å². The van der Waals surface area contributed by atoms with E-state index in [2.05, 4.69) is 66.8 Å². The molecule has 0 atom stereocenters. The number of hydrogen-bond donors (Lipinski definition) is 0. The van der Waals surface area contributed by atoms with Crippen LogP contribution in [0, 0.1) is 0 Å². The van der Waals surface area contributed by atoms with Gasteiger partial charge in [0.2, 0.25) is 0 Å². The molecule has 0 saturated carbocycles. The van der Waals surface area contributed by atoms with Gasteiger partial charge in [0.25, 0.3) is 0 Å². The molecule has 0 fully saturated rings. The fraction of sp³-hybridized carbons (Fsp3) is 0.350. The van der Waals surface area contributed by atoms with Crippen molar-refractivity contribution in [1.82, 2.24) is 14.7 Å². The summed E-state index contributed by atoms with van der Waals surface area (Å²) in [5.74, 6) is 0.901. The molecule has 128 valence electrons. The quantitative estimate of drug-likeness (QED) is 0.693. The second-order valence-electron chi connectivity index (χ2n) is 6.06. The van der Waals surface area contributed by atoms with E-state index in [0.29, 0.717) is 0 Å². The van der Waals surface area contributed by atoms with Crippen molar-refractivity contribution in [2.24, 2.45) is 0 Å². The Morgan fingerprint density at radius 1 is 1.17 bits per heavy atom. The van der Waals surface area contributed by atoms with Crippen LogP contribution in [0.4, 0.5) is 0 Å². The van der Waals surface area contributed by atoms with Crippen molar-refractivity contribution in [1.29, 1.82) is 0 Å². The summed E-state index contributed by atoms with van der Waals surface area (Å²) in [5.41, 5.74) is 3.45. The Labute approximate surface area is 151 Å². The van der Waals surface area contributed by atoms with E-state index in [0.717, 1.165) is 41.6 Å². The number of hydrogen-bond acceptors (Lipinski definition) is 3. The molecule has 2 rings (SSSR count). The topological polar surface area (TPSA) is 9.72 Å². The molecule has 0 aromatic heterocycles. The van der Waals surface area contributed by atoms with Crippen LogP contribution in [0.2, 0.25) is 0 Å². The number of thiocarbonyl (C=S) groups is 1. The van der Waals surface area contributed by atoms with Crippen molar-refractivity contribution in [2.45, 2.75) is 33.2 Å². The molecular formula is C20H27N3S. The Bertz CT molecular complexity index is 661. The van der Waals surface area contributed by atoms with E-state index < -0.39 is 0 Å². The molecule has 1 aliphatic rings. The zero-order valence-electron chi connectivity index (χ0n) is 15.1. The van der Waals surface area contributed by atoms with E-state index in [1.165, 1.54) is 5.56 Å². The Balaban J connectivity index is 2.41. The number of benzene rings is 1. The molecule has 0 saturated heterocycles. The summed E-state index contributed by atoms with van der Waals surface area (Å²) in [6.45, 7) is 9.21. The first kappa shape index (κ1) is 18.3. The molecule has 4 heteroatoms. The highest BCUT2D eigenvalue weighted by Gasteiger charge is 2.28. The van der Waals surface area contributed by atoms with Crippen molar-refractivity contribution < 1.29 is 0 Å². The maximum Gasteiger partial charge on any atom is 0.132 e. The van der Waals surface area contributed by atoms with E-state index >= 15 is 0 Å². The number of rotatable bonds is 6. The minimum Gasteiger partial charge on any atom is -0.340 e. The Morgan fingerprint density at radius 2 is 1.83 bits per heavy atom. The molecule has 1 aliphatic heterocycles. The van der Waals surface area contributed by atoms with Crippen LogP contribution in [-0.2, 0) is 6.54 Å². The number of likely N-dealkylation sites (N-methyl/N-ethyl adjacent to an activating group) is 1. The summed E-state index contributed by atoms with van der Waals surface area (Å²) in [6.07, 6.45) is 6.57. The lowest BCUT2D eigenvalue weighted by molar-refractivity contribution is 0.348. The van der Waals surface area contributed by atoms with Crippen LogP contribution in [0.25, 0.3) is 0 Å². The third-order valence-electron chi connectivity index (χ3n) is 4.35. The van der Waals surface area contributed by atoms with Gasteiger partial charge in [-0.2, -0.15) is 0 Å². The highest BCUT2D eigenvalue weighted by molar-refractivity contribution is 7.80. The van der Waals surface area contributed by atoms with Crippen molar-refractivity contribution in [3.63, 3.8) is 0 Å². The van der Waals surface area contributed by atoms with Crippen molar-refractivity contribution >= 4 is 17.2 Å². The van der Waals surface area contributed by atoms with Gasteiger partial charge in [0.15, 0.2) is 0 Å². The molecule has 0 bridgehead atoms. The first-order valence-corrected chi connectivity index (χ1v) is 8.77. The highest BCUT2D eigenvalue weighted by Crippen LogP contribution is 2.28.